The zero-order chi connectivity index (χ0) is 18.4. The minimum absolute atomic E-state index is 0.00246. The Morgan fingerprint density at radius 3 is 2.77 bits per heavy atom. The van der Waals surface area contributed by atoms with Crippen LogP contribution in [0.5, 0.6) is 0 Å². The maximum Gasteiger partial charge on any atom is 0.139 e. The lowest BCUT2D eigenvalue weighted by molar-refractivity contribution is -0.137. The summed E-state index contributed by atoms with van der Waals surface area (Å²) in [5.41, 5.74) is 7.22. The summed E-state index contributed by atoms with van der Waals surface area (Å²) in [4.78, 5) is 18.0. The highest BCUT2D eigenvalue weighted by atomic mass is 16.6. The summed E-state index contributed by atoms with van der Waals surface area (Å²) < 4.78 is 0. The van der Waals surface area contributed by atoms with Crippen LogP contribution in [0.3, 0.4) is 0 Å². The minimum atomic E-state index is 0.00246. The highest BCUT2D eigenvalue weighted by molar-refractivity contribution is 5.87. The summed E-state index contributed by atoms with van der Waals surface area (Å²) in [6.07, 6.45) is 11.3. The molecule has 6 atom stereocenters. The molecular formula is C22H36N2O2. The van der Waals surface area contributed by atoms with Gasteiger partial charge in [0.05, 0.1) is 5.71 Å². The van der Waals surface area contributed by atoms with E-state index in [1.165, 1.54) is 31.4 Å². The van der Waals surface area contributed by atoms with Gasteiger partial charge in [-0.25, -0.2) is 0 Å². The summed E-state index contributed by atoms with van der Waals surface area (Å²) in [6, 6.07) is 0. The fraction of sp³-hybridized carbons (Fsp3) is 0.909. The molecule has 4 aliphatic carbocycles. The van der Waals surface area contributed by atoms with E-state index in [0.29, 0.717) is 30.3 Å². The number of hydrogen-bond donors (Lipinski definition) is 1. The number of oxime groups is 1. The average molecular weight is 361 g/mol. The van der Waals surface area contributed by atoms with Crippen molar-refractivity contribution < 1.29 is 9.63 Å². The van der Waals surface area contributed by atoms with Crippen molar-refractivity contribution in [2.24, 2.45) is 45.4 Å². The van der Waals surface area contributed by atoms with Crippen molar-refractivity contribution in [2.75, 3.05) is 13.2 Å². The monoisotopic (exact) mass is 360 g/mol. The lowest BCUT2D eigenvalue weighted by Gasteiger charge is -2.59. The zero-order valence-electron chi connectivity index (χ0n) is 16.6. The summed E-state index contributed by atoms with van der Waals surface area (Å²) in [5, 5.41) is 4.44. The highest BCUT2D eigenvalue weighted by Gasteiger charge is 2.60. The van der Waals surface area contributed by atoms with Gasteiger partial charge in [-0.3, -0.25) is 4.79 Å². The standard InChI is InChI=1S/C22H36N2O2/c1-21-10-8-16(24-26-13-3-12-23)14-15(21)4-5-17-18-6-7-20(25)22(18,2)11-9-19(17)21/h15,17-19H,3-14,23H2,1-2H3/b24-16-/t15?,17?,18?,19?,21-,22-/m0/s1. The van der Waals surface area contributed by atoms with E-state index in [1.54, 1.807) is 0 Å². The van der Waals surface area contributed by atoms with Crippen LogP contribution >= 0.6 is 0 Å². The number of rotatable bonds is 4. The van der Waals surface area contributed by atoms with Crippen LogP contribution in [-0.2, 0) is 9.63 Å². The van der Waals surface area contributed by atoms with E-state index in [0.717, 1.165) is 56.3 Å². The van der Waals surface area contributed by atoms with Crippen molar-refractivity contribution in [3.63, 3.8) is 0 Å². The highest BCUT2D eigenvalue weighted by Crippen LogP contribution is 2.65. The number of hydrogen-bond acceptors (Lipinski definition) is 4. The Labute approximate surface area is 158 Å². The van der Waals surface area contributed by atoms with Crippen molar-refractivity contribution in [3.8, 4) is 0 Å². The van der Waals surface area contributed by atoms with Crippen molar-refractivity contribution in [2.45, 2.75) is 78.1 Å². The van der Waals surface area contributed by atoms with Crippen molar-refractivity contribution in [3.05, 3.63) is 0 Å². The van der Waals surface area contributed by atoms with E-state index in [9.17, 15) is 4.79 Å². The second-order valence-electron chi connectivity index (χ2n) is 9.91. The molecule has 0 spiro atoms. The molecule has 4 nitrogen and oxygen atoms in total. The Hall–Kier alpha value is -0.900. The van der Waals surface area contributed by atoms with Crippen LogP contribution < -0.4 is 5.73 Å². The second kappa shape index (κ2) is 6.92. The summed E-state index contributed by atoms with van der Waals surface area (Å²) in [5.74, 6) is 3.54. The number of nitrogens with two attached hydrogens (primary N) is 1. The van der Waals surface area contributed by atoms with Crippen molar-refractivity contribution in [1.82, 2.24) is 0 Å². The number of fused-ring (bicyclic) bond motifs is 5. The van der Waals surface area contributed by atoms with Crippen LogP contribution in [0, 0.1) is 34.5 Å². The Balaban J connectivity index is 1.46. The minimum Gasteiger partial charge on any atom is -0.396 e. The van der Waals surface area contributed by atoms with E-state index in [1.807, 2.05) is 0 Å². The van der Waals surface area contributed by atoms with Crippen LogP contribution in [0.4, 0.5) is 0 Å². The van der Waals surface area contributed by atoms with Gasteiger partial charge < -0.3 is 10.6 Å². The molecule has 4 aliphatic rings. The molecule has 0 aromatic carbocycles. The van der Waals surface area contributed by atoms with Crippen LogP contribution in [0.15, 0.2) is 5.16 Å². The predicted octanol–water partition coefficient (Wildman–Crippen LogP) is 4.32. The van der Waals surface area contributed by atoms with Gasteiger partial charge in [0, 0.05) is 11.8 Å². The molecule has 0 bridgehead atoms. The molecule has 0 saturated heterocycles. The smallest absolute Gasteiger partial charge is 0.139 e. The number of ketones is 1. The topological polar surface area (TPSA) is 64.7 Å². The largest absolute Gasteiger partial charge is 0.396 e. The number of carbonyl (C=O) groups excluding carboxylic acids is 1. The average Bonchev–Trinajstić information content (AvgIpc) is 2.94. The van der Waals surface area contributed by atoms with Gasteiger partial charge in [-0.1, -0.05) is 19.0 Å². The van der Waals surface area contributed by atoms with Crippen molar-refractivity contribution >= 4 is 11.5 Å². The lowest BCUT2D eigenvalue weighted by atomic mass is 9.45. The van der Waals surface area contributed by atoms with Gasteiger partial charge in [-0.2, -0.15) is 0 Å². The molecule has 4 fully saturated rings. The van der Waals surface area contributed by atoms with E-state index >= 15 is 0 Å². The maximum absolute atomic E-state index is 12.5. The van der Waals surface area contributed by atoms with Crippen LogP contribution in [0.1, 0.15) is 78.1 Å². The van der Waals surface area contributed by atoms with Gasteiger partial charge in [-0.15, -0.1) is 0 Å². The quantitative estimate of drug-likeness (QED) is 0.600. The van der Waals surface area contributed by atoms with Gasteiger partial charge in [0.25, 0.3) is 0 Å². The van der Waals surface area contributed by atoms with Crippen LogP contribution in [0.25, 0.3) is 0 Å². The van der Waals surface area contributed by atoms with Crippen LogP contribution in [0.2, 0.25) is 0 Å². The first kappa shape index (κ1) is 18.5. The van der Waals surface area contributed by atoms with Gasteiger partial charge in [0.15, 0.2) is 0 Å². The van der Waals surface area contributed by atoms with Crippen molar-refractivity contribution in [1.29, 1.82) is 0 Å². The fourth-order valence-corrected chi connectivity index (χ4v) is 7.20. The van der Waals surface area contributed by atoms with E-state index < -0.39 is 0 Å². The Bertz CT molecular complexity index is 589. The summed E-state index contributed by atoms with van der Waals surface area (Å²) >= 11 is 0. The lowest BCUT2D eigenvalue weighted by Crippen LogP contribution is -2.53. The molecular weight excluding hydrogens is 324 g/mol. The molecule has 146 valence electrons. The normalized spacial score (nSPS) is 46.6. The first-order valence-corrected chi connectivity index (χ1v) is 10.9. The number of Topliss-reactive ketones (excluding diaryl/α,β-unsaturated/α-hetero) is 1. The molecule has 0 aromatic heterocycles. The molecule has 4 saturated carbocycles. The third kappa shape index (κ3) is 2.83. The van der Waals surface area contributed by atoms with Gasteiger partial charge in [-0.05, 0) is 93.4 Å². The van der Waals surface area contributed by atoms with Gasteiger partial charge >= 0.3 is 0 Å². The number of carbonyl (C=O) groups is 1. The molecule has 0 heterocycles. The molecule has 0 radical (unpaired) electrons. The molecule has 0 amide bonds. The predicted molar refractivity (Wildman–Crippen MR) is 104 cm³/mol. The SMILES string of the molecule is C[C@]12CC/C(=N/OCCCN)CC1CCC1C2CC[C@]2(C)C(=O)CCC12. The fourth-order valence-electron chi connectivity index (χ4n) is 7.20. The molecule has 26 heavy (non-hydrogen) atoms. The Morgan fingerprint density at radius 1 is 1.12 bits per heavy atom. The van der Waals surface area contributed by atoms with Gasteiger partial charge in [0.2, 0.25) is 0 Å². The summed E-state index contributed by atoms with van der Waals surface area (Å²) in [7, 11) is 0. The van der Waals surface area contributed by atoms with Gasteiger partial charge in [0.1, 0.15) is 12.4 Å². The van der Waals surface area contributed by atoms with E-state index in [-0.39, 0.29) is 5.41 Å². The first-order chi connectivity index (χ1) is 12.5. The third-order valence-corrected chi connectivity index (χ3v) is 8.84. The van der Waals surface area contributed by atoms with Crippen LogP contribution in [-0.4, -0.2) is 24.6 Å². The zero-order valence-corrected chi connectivity index (χ0v) is 16.6. The molecule has 4 unspecified atom stereocenters. The number of nitrogens with zero attached hydrogens (tertiary/aromatic N) is 1. The van der Waals surface area contributed by atoms with E-state index in [4.69, 9.17) is 10.6 Å². The Kier molecular flexibility index (Phi) is 4.92. The molecule has 2 N–H and O–H groups in total. The second-order valence-corrected chi connectivity index (χ2v) is 9.91. The first-order valence-electron chi connectivity index (χ1n) is 10.9. The third-order valence-electron chi connectivity index (χ3n) is 8.84. The van der Waals surface area contributed by atoms with E-state index in [2.05, 4.69) is 19.0 Å². The molecule has 4 rings (SSSR count). The Morgan fingerprint density at radius 2 is 1.96 bits per heavy atom. The summed E-state index contributed by atoms with van der Waals surface area (Å²) in [6.45, 7) is 6.14. The molecule has 0 aliphatic heterocycles. The molecule has 4 heteroatoms. The molecule has 0 aromatic rings. The maximum atomic E-state index is 12.5.